The molecule has 3 N–H and O–H groups in total. The molecule has 2 rings (SSSR count). The SMILES string of the molecule is CC(C)C[C@@H](C(N)=O)[C@H](CCCc1ccccc1)C(=O)NOCc1ccccc1. The van der Waals surface area contributed by atoms with Crippen molar-refractivity contribution in [1.29, 1.82) is 0 Å². The maximum atomic E-state index is 12.9. The van der Waals surface area contributed by atoms with Crippen LogP contribution in [0.4, 0.5) is 0 Å². The van der Waals surface area contributed by atoms with Crippen molar-refractivity contribution in [3.05, 3.63) is 71.8 Å². The normalized spacial score (nSPS) is 13.1. The lowest BCUT2D eigenvalue weighted by molar-refractivity contribution is -0.144. The van der Waals surface area contributed by atoms with E-state index in [4.69, 9.17) is 10.6 Å². The van der Waals surface area contributed by atoms with Gasteiger partial charge in [-0.1, -0.05) is 74.5 Å². The first-order valence-electron chi connectivity index (χ1n) is 10.3. The van der Waals surface area contributed by atoms with Crippen LogP contribution in [0.2, 0.25) is 0 Å². The highest BCUT2D eigenvalue weighted by atomic mass is 16.6. The number of nitrogens with one attached hydrogen (secondary N) is 1. The minimum absolute atomic E-state index is 0.266. The fraction of sp³-hybridized carbons (Fsp3) is 0.417. The molecule has 0 aliphatic heterocycles. The first-order valence-corrected chi connectivity index (χ1v) is 10.3. The molecule has 2 aromatic carbocycles. The predicted octanol–water partition coefficient (Wildman–Crippen LogP) is 4.02. The summed E-state index contributed by atoms with van der Waals surface area (Å²) in [6.45, 7) is 4.33. The Morgan fingerprint density at radius 1 is 0.931 bits per heavy atom. The molecule has 2 aromatic rings. The summed E-state index contributed by atoms with van der Waals surface area (Å²) in [6.07, 6.45) is 2.80. The third-order valence-electron chi connectivity index (χ3n) is 4.99. The van der Waals surface area contributed by atoms with Crippen molar-refractivity contribution in [2.24, 2.45) is 23.5 Å². The zero-order chi connectivity index (χ0) is 21.1. The van der Waals surface area contributed by atoms with Gasteiger partial charge in [0.2, 0.25) is 11.8 Å². The van der Waals surface area contributed by atoms with E-state index >= 15 is 0 Å². The van der Waals surface area contributed by atoms with Crippen LogP contribution >= 0.6 is 0 Å². The van der Waals surface area contributed by atoms with Gasteiger partial charge in [-0.3, -0.25) is 14.4 Å². The highest BCUT2D eigenvalue weighted by molar-refractivity contribution is 5.86. The van der Waals surface area contributed by atoms with E-state index in [0.29, 0.717) is 12.8 Å². The van der Waals surface area contributed by atoms with Crippen molar-refractivity contribution in [2.75, 3.05) is 0 Å². The molecular weight excluding hydrogens is 364 g/mol. The van der Waals surface area contributed by atoms with Crippen molar-refractivity contribution < 1.29 is 14.4 Å². The Bertz CT molecular complexity index is 747. The van der Waals surface area contributed by atoms with Crippen LogP contribution in [0, 0.1) is 17.8 Å². The largest absolute Gasteiger partial charge is 0.369 e. The van der Waals surface area contributed by atoms with Crippen LogP contribution in [0.25, 0.3) is 0 Å². The lowest BCUT2D eigenvalue weighted by Gasteiger charge is -2.25. The molecule has 0 saturated carbocycles. The molecule has 0 heterocycles. The van der Waals surface area contributed by atoms with Gasteiger partial charge in [-0.05, 0) is 42.7 Å². The van der Waals surface area contributed by atoms with E-state index in [1.807, 2.05) is 62.4 Å². The van der Waals surface area contributed by atoms with E-state index in [2.05, 4.69) is 17.6 Å². The molecule has 0 bridgehead atoms. The van der Waals surface area contributed by atoms with Crippen molar-refractivity contribution in [1.82, 2.24) is 5.48 Å². The van der Waals surface area contributed by atoms with Crippen molar-refractivity contribution in [2.45, 2.75) is 46.1 Å². The first kappa shape index (κ1) is 22.6. The van der Waals surface area contributed by atoms with Crippen molar-refractivity contribution in [3.63, 3.8) is 0 Å². The summed E-state index contributed by atoms with van der Waals surface area (Å²) in [5.74, 6) is -1.46. The Labute approximate surface area is 173 Å². The number of amides is 2. The Hall–Kier alpha value is -2.66. The molecule has 5 heteroatoms. The van der Waals surface area contributed by atoms with E-state index < -0.39 is 17.7 Å². The Morgan fingerprint density at radius 2 is 1.52 bits per heavy atom. The van der Waals surface area contributed by atoms with Gasteiger partial charge in [0.05, 0.1) is 12.5 Å². The van der Waals surface area contributed by atoms with E-state index in [1.165, 1.54) is 5.56 Å². The third-order valence-corrected chi connectivity index (χ3v) is 4.99. The van der Waals surface area contributed by atoms with Crippen molar-refractivity contribution in [3.8, 4) is 0 Å². The van der Waals surface area contributed by atoms with E-state index in [-0.39, 0.29) is 18.4 Å². The number of nitrogens with two attached hydrogens (primary N) is 1. The third kappa shape index (κ3) is 8.08. The number of hydrogen-bond donors (Lipinski definition) is 2. The highest BCUT2D eigenvalue weighted by Crippen LogP contribution is 2.26. The number of carbonyl (C=O) groups is 2. The van der Waals surface area contributed by atoms with E-state index in [9.17, 15) is 9.59 Å². The lowest BCUT2D eigenvalue weighted by Crippen LogP contribution is -2.41. The second-order valence-corrected chi connectivity index (χ2v) is 7.86. The van der Waals surface area contributed by atoms with Gasteiger partial charge in [-0.2, -0.15) is 0 Å². The molecule has 2 atom stereocenters. The average molecular weight is 397 g/mol. The zero-order valence-corrected chi connectivity index (χ0v) is 17.3. The Kier molecular flexibility index (Phi) is 9.38. The van der Waals surface area contributed by atoms with Gasteiger partial charge in [0.15, 0.2) is 0 Å². The van der Waals surface area contributed by atoms with E-state index in [0.717, 1.165) is 18.4 Å². The second kappa shape index (κ2) is 12.0. The fourth-order valence-corrected chi connectivity index (χ4v) is 3.51. The zero-order valence-electron chi connectivity index (χ0n) is 17.3. The Balaban J connectivity index is 1.99. The number of hydrogen-bond acceptors (Lipinski definition) is 3. The number of aryl methyl sites for hydroxylation is 1. The van der Waals surface area contributed by atoms with Gasteiger partial charge in [0.25, 0.3) is 0 Å². The summed E-state index contributed by atoms with van der Waals surface area (Å²) in [7, 11) is 0. The van der Waals surface area contributed by atoms with Gasteiger partial charge >= 0.3 is 0 Å². The Morgan fingerprint density at radius 3 is 2.07 bits per heavy atom. The molecule has 0 spiro atoms. The maximum Gasteiger partial charge on any atom is 0.247 e. The van der Waals surface area contributed by atoms with Crippen LogP contribution in [0.3, 0.4) is 0 Å². The number of rotatable bonds is 12. The lowest BCUT2D eigenvalue weighted by atomic mass is 9.81. The number of hydroxylamine groups is 1. The molecular formula is C24H32N2O3. The van der Waals surface area contributed by atoms with E-state index in [1.54, 1.807) is 0 Å². The summed E-state index contributed by atoms with van der Waals surface area (Å²) in [5.41, 5.74) is 10.4. The summed E-state index contributed by atoms with van der Waals surface area (Å²) < 4.78 is 0. The molecule has 0 fully saturated rings. The standard InChI is InChI=1S/C24H32N2O3/c1-18(2)16-22(23(25)27)21(15-9-14-19-10-5-3-6-11-19)24(28)26-29-17-20-12-7-4-8-13-20/h3-8,10-13,18,21-22H,9,14-17H2,1-2H3,(H2,25,27)(H,26,28)/t21-,22+/m0/s1. The summed E-state index contributed by atoms with van der Waals surface area (Å²) in [4.78, 5) is 30.4. The van der Waals surface area contributed by atoms with Gasteiger partial charge in [0.1, 0.15) is 0 Å². The van der Waals surface area contributed by atoms with Gasteiger partial charge < -0.3 is 5.73 Å². The van der Waals surface area contributed by atoms with Crippen molar-refractivity contribution >= 4 is 11.8 Å². The van der Waals surface area contributed by atoms with Gasteiger partial charge in [-0.25, -0.2) is 5.48 Å². The van der Waals surface area contributed by atoms with Gasteiger partial charge in [-0.15, -0.1) is 0 Å². The molecule has 0 unspecified atom stereocenters. The molecule has 5 nitrogen and oxygen atoms in total. The highest BCUT2D eigenvalue weighted by Gasteiger charge is 2.32. The quantitative estimate of drug-likeness (QED) is 0.532. The fourth-order valence-electron chi connectivity index (χ4n) is 3.51. The monoisotopic (exact) mass is 396 g/mol. The van der Waals surface area contributed by atoms with Crippen LogP contribution in [0.15, 0.2) is 60.7 Å². The van der Waals surface area contributed by atoms with Crippen LogP contribution in [0.1, 0.15) is 44.2 Å². The molecule has 29 heavy (non-hydrogen) atoms. The van der Waals surface area contributed by atoms with Crippen LogP contribution in [-0.4, -0.2) is 11.8 Å². The molecule has 2 amide bonds. The number of primary amides is 1. The minimum Gasteiger partial charge on any atom is -0.369 e. The minimum atomic E-state index is -0.508. The first-order chi connectivity index (χ1) is 14.0. The van der Waals surface area contributed by atoms with Crippen LogP contribution < -0.4 is 11.2 Å². The summed E-state index contributed by atoms with van der Waals surface area (Å²) >= 11 is 0. The molecule has 0 aliphatic carbocycles. The molecule has 0 aromatic heterocycles. The molecule has 0 aliphatic rings. The maximum absolute atomic E-state index is 12.9. The summed E-state index contributed by atoms with van der Waals surface area (Å²) in [5, 5.41) is 0. The molecule has 0 radical (unpaired) electrons. The second-order valence-electron chi connectivity index (χ2n) is 7.86. The number of benzene rings is 2. The van der Waals surface area contributed by atoms with Crippen LogP contribution in [0.5, 0.6) is 0 Å². The molecule has 156 valence electrons. The average Bonchev–Trinajstić information content (AvgIpc) is 2.71. The molecule has 0 saturated heterocycles. The smallest absolute Gasteiger partial charge is 0.247 e. The topological polar surface area (TPSA) is 81.4 Å². The van der Waals surface area contributed by atoms with Crippen LogP contribution in [-0.2, 0) is 27.5 Å². The summed E-state index contributed by atoms with van der Waals surface area (Å²) in [6, 6.07) is 19.7. The number of carbonyl (C=O) groups excluding carboxylic acids is 2. The van der Waals surface area contributed by atoms with Gasteiger partial charge in [0, 0.05) is 5.92 Å². The predicted molar refractivity (Wildman–Crippen MR) is 114 cm³/mol.